The topological polar surface area (TPSA) is 127 Å². The average Bonchev–Trinajstić information content (AvgIpc) is 3.39. The number of rotatable bonds is 7. The summed E-state index contributed by atoms with van der Waals surface area (Å²) in [5.74, 6) is -1.25. The first-order chi connectivity index (χ1) is 19.3. The molecule has 1 spiro atoms. The second kappa shape index (κ2) is 9.89. The smallest absolute Gasteiger partial charge is 0.270 e. The van der Waals surface area contributed by atoms with E-state index in [0.29, 0.717) is 35.8 Å². The van der Waals surface area contributed by atoms with Crippen LogP contribution in [0.2, 0.25) is 0 Å². The molecule has 206 valence electrons. The van der Waals surface area contributed by atoms with Crippen LogP contribution in [0.1, 0.15) is 53.1 Å². The Labute approximate surface area is 230 Å². The third kappa shape index (κ3) is 4.51. The fourth-order valence-electron chi connectivity index (χ4n) is 5.74. The number of ether oxygens (including phenoxy) is 1. The van der Waals surface area contributed by atoms with Crippen LogP contribution in [0.25, 0.3) is 11.3 Å². The maximum atomic E-state index is 14.5. The molecule has 2 amide bonds. The van der Waals surface area contributed by atoms with Gasteiger partial charge in [-0.25, -0.2) is 4.39 Å². The van der Waals surface area contributed by atoms with Gasteiger partial charge in [-0.1, -0.05) is 0 Å². The van der Waals surface area contributed by atoms with E-state index in [2.05, 4.69) is 30.9 Å². The maximum absolute atomic E-state index is 14.5. The summed E-state index contributed by atoms with van der Waals surface area (Å²) >= 11 is 0. The first-order valence-electron chi connectivity index (χ1n) is 13.3. The summed E-state index contributed by atoms with van der Waals surface area (Å²) in [7, 11) is 0. The lowest BCUT2D eigenvalue weighted by Gasteiger charge is -2.38. The van der Waals surface area contributed by atoms with E-state index < -0.39 is 29.6 Å². The molecule has 40 heavy (non-hydrogen) atoms. The fourth-order valence-corrected chi connectivity index (χ4v) is 5.74. The second-order valence-corrected chi connectivity index (χ2v) is 10.5. The summed E-state index contributed by atoms with van der Waals surface area (Å²) in [5.41, 5.74) is 4.38. The van der Waals surface area contributed by atoms with Gasteiger partial charge >= 0.3 is 0 Å². The Morgan fingerprint density at radius 2 is 2.05 bits per heavy atom. The van der Waals surface area contributed by atoms with Crippen LogP contribution in [0.5, 0.6) is 5.75 Å². The van der Waals surface area contributed by atoms with Gasteiger partial charge in [0.15, 0.2) is 0 Å². The first kappa shape index (κ1) is 25.7. The summed E-state index contributed by atoms with van der Waals surface area (Å²) in [4.78, 5) is 32.0. The minimum atomic E-state index is -1.00. The number of hydrogen-bond donors (Lipinski definition) is 3. The quantitative estimate of drug-likeness (QED) is 0.322. The van der Waals surface area contributed by atoms with E-state index in [1.165, 1.54) is 12.1 Å². The van der Waals surface area contributed by atoms with Crippen LogP contribution >= 0.6 is 0 Å². The largest absolute Gasteiger partial charge is 0.493 e. The summed E-state index contributed by atoms with van der Waals surface area (Å²) in [6.45, 7) is 6.59. The summed E-state index contributed by atoms with van der Waals surface area (Å²) < 4.78 is 22.0. The minimum Gasteiger partial charge on any atom is -0.493 e. The number of anilines is 1. The molecule has 1 aliphatic carbocycles. The third-order valence-corrected chi connectivity index (χ3v) is 7.94. The number of aromatic nitrogens is 5. The van der Waals surface area contributed by atoms with E-state index in [9.17, 15) is 14.0 Å². The van der Waals surface area contributed by atoms with Crippen LogP contribution in [0, 0.1) is 25.1 Å². The zero-order valence-corrected chi connectivity index (χ0v) is 22.5. The second-order valence-electron chi connectivity index (χ2n) is 10.5. The van der Waals surface area contributed by atoms with Crippen molar-refractivity contribution in [2.24, 2.45) is 5.41 Å². The molecule has 1 unspecified atom stereocenters. The average molecular weight is 544 g/mol. The first-order valence-corrected chi connectivity index (χ1v) is 13.3. The molecule has 2 atom stereocenters. The van der Waals surface area contributed by atoms with Crippen molar-refractivity contribution < 1.29 is 18.7 Å². The van der Waals surface area contributed by atoms with E-state index in [0.717, 1.165) is 35.5 Å². The summed E-state index contributed by atoms with van der Waals surface area (Å²) in [6, 6.07) is 8.52. The van der Waals surface area contributed by atoms with Crippen LogP contribution in [0.3, 0.4) is 0 Å². The number of nitrogens with zero attached hydrogens (tertiary/aromatic N) is 4. The highest BCUT2D eigenvalue weighted by Crippen LogP contribution is 2.61. The van der Waals surface area contributed by atoms with E-state index in [4.69, 9.17) is 4.74 Å². The van der Waals surface area contributed by atoms with Gasteiger partial charge in [-0.3, -0.25) is 24.4 Å². The number of H-pyrrole nitrogens is 1. The molecule has 10 nitrogen and oxygen atoms in total. The molecule has 6 rings (SSSR count). The maximum Gasteiger partial charge on any atom is 0.270 e. The van der Waals surface area contributed by atoms with Crippen molar-refractivity contribution in [2.45, 2.75) is 52.1 Å². The van der Waals surface area contributed by atoms with E-state index >= 15 is 0 Å². The molecule has 0 saturated heterocycles. The van der Waals surface area contributed by atoms with Crippen LogP contribution in [-0.4, -0.2) is 49.4 Å². The van der Waals surface area contributed by atoms with E-state index in [-0.39, 0.29) is 5.41 Å². The van der Waals surface area contributed by atoms with Crippen molar-refractivity contribution in [3.63, 3.8) is 0 Å². The number of pyridine rings is 1. The van der Waals surface area contributed by atoms with Crippen molar-refractivity contribution in [1.82, 2.24) is 30.3 Å². The number of amides is 2. The van der Waals surface area contributed by atoms with Crippen LogP contribution in [-0.2, 0) is 11.3 Å². The Kier molecular flexibility index (Phi) is 6.36. The number of carbonyl (C=O) groups excluding carboxylic acids is 2. The zero-order valence-electron chi connectivity index (χ0n) is 22.5. The zero-order chi connectivity index (χ0) is 28.0. The molecule has 0 radical (unpaired) electrons. The molecule has 0 bridgehead atoms. The van der Waals surface area contributed by atoms with E-state index in [1.54, 1.807) is 35.3 Å². The van der Waals surface area contributed by atoms with Crippen LogP contribution < -0.4 is 15.4 Å². The molecule has 4 heterocycles. The Morgan fingerprint density at radius 3 is 2.73 bits per heavy atom. The standard InChI is InChI=1S/C29H30FN7O3/c1-4-37-22(9-12-32-37)27(38)34-26(25-20-13-18(30)5-8-23(20)40-15-29(25)10-11-29)28(39)33-19-6-7-21(31-14-19)24-16(2)35-36-17(24)3/h5-9,12-14,25-26H,4,10-11,15H2,1-3H3,(H,33,39)(H,34,38)(H,35,36)/t25?,26-/m0/s1. The Morgan fingerprint density at radius 1 is 1.23 bits per heavy atom. The number of aryl methyl sites for hydroxylation is 3. The van der Waals surface area contributed by atoms with Gasteiger partial charge in [-0.2, -0.15) is 10.2 Å². The van der Waals surface area contributed by atoms with Gasteiger partial charge in [0.1, 0.15) is 23.3 Å². The van der Waals surface area contributed by atoms with Crippen molar-refractivity contribution in [2.75, 3.05) is 11.9 Å². The van der Waals surface area contributed by atoms with Gasteiger partial charge in [0.05, 0.1) is 29.9 Å². The molecule has 3 N–H and O–H groups in total. The van der Waals surface area contributed by atoms with Crippen molar-refractivity contribution in [3.8, 4) is 17.0 Å². The third-order valence-electron chi connectivity index (χ3n) is 7.94. The Bertz CT molecular complexity index is 1570. The SMILES string of the molecule is CCn1nccc1C(=O)N[C@H](C(=O)Nc1ccc(-c2c(C)n[nH]c2C)nc1)C1c2cc(F)ccc2OCC12CC2. The number of aromatic amines is 1. The van der Waals surface area contributed by atoms with Crippen molar-refractivity contribution in [3.05, 3.63) is 77.3 Å². The van der Waals surface area contributed by atoms with Gasteiger partial charge < -0.3 is 15.4 Å². The predicted molar refractivity (Wildman–Crippen MR) is 145 cm³/mol. The molecule has 1 aliphatic heterocycles. The van der Waals surface area contributed by atoms with Gasteiger partial charge in [-0.05, 0) is 70.0 Å². The number of halogens is 1. The van der Waals surface area contributed by atoms with Crippen LogP contribution in [0.4, 0.5) is 10.1 Å². The minimum absolute atomic E-state index is 0.341. The predicted octanol–water partition coefficient (Wildman–Crippen LogP) is 4.14. The number of carbonyl (C=O) groups is 2. The highest BCUT2D eigenvalue weighted by atomic mass is 19.1. The number of fused-ring (bicyclic) bond motifs is 1. The molecule has 11 heteroatoms. The number of benzene rings is 1. The lowest BCUT2D eigenvalue weighted by molar-refractivity contribution is -0.119. The lowest BCUT2D eigenvalue weighted by Crippen LogP contribution is -2.52. The van der Waals surface area contributed by atoms with Gasteiger partial charge in [0.2, 0.25) is 5.91 Å². The molecular weight excluding hydrogens is 513 g/mol. The summed E-state index contributed by atoms with van der Waals surface area (Å²) in [6.07, 6.45) is 4.74. The molecular formula is C29H30FN7O3. The molecule has 3 aromatic heterocycles. The van der Waals surface area contributed by atoms with Gasteiger partial charge in [0, 0.05) is 40.9 Å². The number of hydrogen-bond acceptors (Lipinski definition) is 6. The Hall–Kier alpha value is -4.54. The highest BCUT2D eigenvalue weighted by molar-refractivity contribution is 6.01. The van der Waals surface area contributed by atoms with Crippen LogP contribution in [0.15, 0.2) is 48.8 Å². The molecule has 1 aromatic carbocycles. The molecule has 1 fully saturated rings. The number of nitrogens with one attached hydrogen (secondary N) is 3. The lowest BCUT2D eigenvalue weighted by atomic mass is 9.75. The monoisotopic (exact) mass is 543 g/mol. The van der Waals surface area contributed by atoms with E-state index in [1.807, 2.05) is 26.8 Å². The molecule has 1 saturated carbocycles. The fraction of sp³-hybridized carbons (Fsp3) is 0.345. The van der Waals surface area contributed by atoms with Crippen molar-refractivity contribution in [1.29, 1.82) is 0 Å². The molecule has 2 aliphatic rings. The highest BCUT2D eigenvalue weighted by Gasteiger charge is 2.58. The van der Waals surface area contributed by atoms with Crippen molar-refractivity contribution >= 4 is 17.5 Å². The summed E-state index contributed by atoms with van der Waals surface area (Å²) in [5, 5.41) is 17.3. The Balaban J connectivity index is 1.34. The molecule has 4 aromatic rings. The van der Waals surface area contributed by atoms with Gasteiger partial charge in [0.25, 0.3) is 5.91 Å². The van der Waals surface area contributed by atoms with Gasteiger partial charge in [-0.15, -0.1) is 0 Å². The normalized spacial score (nSPS) is 17.6.